The first-order valence-electron chi connectivity index (χ1n) is 10.7. The molecule has 1 atom stereocenters. The number of methoxy groups -OCH3 is 2. The molecule has 0 spiro atoms. The molecule has 0 amide bonds. The van der Waals surface area contributed by atoms with Gasteiger partial charge in [0, 0.05) is 31.1 Å². The lowest BCUT2D eigenvalue weighted by molar-refractivity contribution is -0.0287. The van der Waals surface area contributed by atoms with Gasteiger partial charge in [0.15, 0.2) is 17.3 Å². The van der Waals surface area contributed by atoms with Crippen LogP contribution in [-0.4, -0.2) is 49.6 Å². The molecule has 1 fully saturated rings. The standard InChI is InChI=1S/C25H31NO4/c1-17-6-4-5-7-21(17)25(28)10-12-26(13-11-25)16-19-9-8-18-14-22(29-2)23(30-3)15-20(18)24(19)27/h4-7,14-15,19,28H,8-13,16H2,1-3H3. The minimum atomic E-state index is -0.769. The molecule has 2 aromatic carbocycles. The number of rotatable bonds is 5. The molecular weight excluding hydrogens is 378 g/mol. The van der Waals surface area contributed by atoms with Gasteiger partial charge < -0.3 is 19.5 Å². The number of fused-ring (bicyclic) bond motifs is 1. The number of carbonyl (C=O) groups is 1. The van der Waals surface area contributed by atoms with Crippen LogP contribution >= 0.6 is 0 Å². The average Bonchev–Trinajstić information content (AvgIpc) is 2.76. The zero-order chi connectivity index (χ0) is 21.3. The van der Waals surface area contributed by atoms with Gasteiger partial charge in [0.2, 0.25) is 0 Å². The van der Waals surface area contributed by atoms with E-state index in [0.29, 0.717) is 24.3 Å². The van der Waals surface area contributed by atoms with Crippen molar-refractivity contribution in [1.29, 1.82) is 0 Å². The molecule has 0 bridgehead atoms. The molecule has 30 heavy (non-hydrogen) atoms. The van der Waals surface area contributed by atoms with Gasteiger partial charge >= 0.3 is 0 Å². The lowest BCUT2D eigenvalue weighted by Gasteiger charge is -2.40. The van der Waals surface area contributed by atoms with Crippen LogP contribution in [0.15, 0.2) is 36.4 Å². The SMILES string of the molecule is COc1cc2c(cc1OC)C(=O)C(CN1CCC(O)(c3ccccc3C)CC1)CC2. The van der Waals surface area contributed by atoms with Gasteiger partial charge in [-0.2, -0.15) is 0 Å². The summed E-state index contributed by atoms with van der Waals surface area (Å²) < 4.78 is 10.8. The Kier molecular flexibility index (Phi) is 5.85. The highest BCUT2D eigenvalue weighted by atomic mass is 16.5. The summed E-state index contributed by atoms with van der Waals surface area (Å²) in [5, 5.41) is 11.2. The van der Waals surface area contributed by atoms with Gasteiger partial charge in [-0.15, -0.1) is 0 Å². The highest BCUT2D eigenvalue weighted by Gasteiger charge is 2.37. The monoisotopic (exact) mass is 409 g/mol. The number of hydrogen-bond acceptors (Lipinski definition) is 5. The van der Waals surface area contributed by atoms with Crippen molar-refractivity contribution in [2.75, 3.05) is 33.9 Å². The predicted octanol–water partition coefficient (Wildman–Crippen LogP) is 3.74. The second-order valence-electron chi connectivity index (χ2n) is 8.61. The average molecular weight is 410 g/mol. The Hall–Kier alpha value is -2.37. The number of benzene rings is 2. The maximum Gasteiger partial charge on any atom is 0.167 e. The summed E-state index contributed by atoms with van der Waals surface area (Å²) in [7, 11) is 3.21. The van der Waals surface area contributed by atoms with Crippen LogP contribution in [-0.2, 0) is 12.0 Å². The van der Waals surface area contributed by atoms with E-state index in [1.807, 2.05) is 30.3 Å². The summed E-state index contributed by atoms with van der Waals surface area (Å²) in [6, 6.07) is 11.9. The highest BCUT2D eigenvalue weighted by Crippen LogP contribution is 2.38. The lowest BCUT2D eigenvalue weighted by Crippen LogP contribution is -2.45. The molecule has 1 saturated heterocycles. The van der Waals surface area contributed by atoms with E-state index < -0.39 is 5.60 Å². The molecule has 5 heteroatoms. The Morgan fingerprint density at radius 3 is 2.43 bits per heavy atom. The summed E-state index contributed by atoms with van der Waals surface area (Å²) >= 11 is 0. The van der Waals surface area contributed by atoms with Crippen LogP contribution in [0.25, 0.3) is 0 Å². The van der Waals surface area contributed by atoms with E-state index in [9.17, 15) is 9.90 Å². The van der Waals surface area contributed by atoms with Crippen LogP contribution in [0.1, 0.15) is 46.3 Å². The fourth-order valence-electron chi connectivity index (χ4n) is 4.99. The van der Waals surface area contributed by atoms with Crippen molar-refractivity contribution in [3.63, 3.8) is 0 Å². The number of piperidine rings is 1. The Labute approximate surface area is 178 Å². The maximum absolute atomic E-state index is 13.2. The normalized spacial score (nSPS) is 21.2. The van der Waals surface area contributed by atoms with E-state index in [1.54, 1.807) is 14.2 Å². The molecule has 1 aliphatic heterocycles. The molecule has 0 aromatic heterocycles. The Morgan fingerprint density at radius 1 is 1.10 bits per heavy atom. The van der Waals surface area contributed by atoms with Crippen molar-refractivity contribution < 1.29 is 19.4 Å². The van der Waals surface area contributed by atoms with Crippen LogP contribution in [0.5, 0.6) is 11.5 Å². The summed E-state index contributed by atoms with van der Waals surface area (Å²) in [5.41, 5.74) is 3.21. The first kappa shape index (κ1) is 20.9. The van der Waals surface area contributed by atoms with Crippen LogP contribution in [0, 0.1) is 12.8 Å². The first-order chi connectivity index (χ1) is 14.4. The largest absolute Gasteiger partial charge is 0.493 e. The zero-order valence-electron chi connectivity index (χ0n) is 18.1. The highest BCUT2D eigenvalue weighted by molar-refractivity contribution is 6.01. The fraction of sp³-hybridized carbons (Fsp3) is 0.480. The predicted molar refractivity (Wildman–Crippen MR) is 116 cm³/mol. The van der Waals surface area contributed by atoms with E-state index in [-0.39, 0.29) is 11.7 Å². The first-order valence-corrected chi connectivity index (χ1v) is 10.7. The van der Waals surface area contributed by atoms with Gasteiger partial charge in [-0.3, -0.25) is 4.79 Å². The molecule has 4 rings (SSSR count). The van der Waals surface area contributed by atoms with Gasteiger partial charge in [0.25, 0.3) is 0 Å². The maximum atomic E-state index is 13.2. The number of ketones is 1. The third kappa shape index (κ3) is 3.84. The summed E-state index contributed by atoms with van der Waals surface area (Å²) in [6.07, 6.45) is 3.10. The zero-order valence-corrected chi connectivity index (χ0v) is 18.1. The van der Waals surface area contributed by atoms with Gasteiger partial charge in [-0.05, 0) is 61.4 Å². The summed E-state index contributed by atoms with van der Waals surface area (Å²) in [4.78, 5) is 15.5. The molecule has 0 radical (unpaired) electrons. The molecule has 1 aliphatic carbocycles. The number of hydrogen-bond donors (Lipinski definition) is 1. The number of aryl methyl sites for hydroxylation is 2. The third-order valence-electron chi connectivity index (χ3n) is 6.82. The molecule has 1 N–H and O–H groups in total. The molecule has 160 valence electrons. The topological polar surface area (TPSA) is 59.0 Å². The van der Waals surface area contributed by atoms with Gasteiger partial charge in [-0.25, -0.2) is 0 Å². The van der Waals surface area contributed by atoms with E-state index in [0.717, 1.165) is 54.7 Å². The number of Topliss-reactive ketones (excluding diaryl/α,β-unsaturated/α-hetero) is 1. The van der Waals surface area contributed by atoms with Crippen LogP contribution < -0.4 is 9.47 Å². The third-order valence-corrected chi connectivity index (χ3v) is 6.82. The summed E-state index contributed by atoms with van der Waals surface area (Å²) in [5.74, 6) is 1.46. The Bertz CT molecular complexity index is 931. The van der Waals surface area contributed by atoms with Crippen molar-refractivity contribution in [1.82, 2.24) is 4.90 Å². The molecule has 2 aromatic rings. The number of likely N-dealkylation sites (tertiary alicyclic amines) is 1. The number of ether oxygens (including phenoxy) is 2. The van der Waals surface area contributed by atoms with E-state index >= 15 is 0 Å². The molecular formula is C25H31NO4. The van der Waals surface area contributed by atoms with Crippen molar-refractivity contribution in [3.05, 3.63) is 58.7 Å². The van der Waals surface area contributed by atoms with Crippen LogP contribution in [0.2, 0.25) is 0 Å². The lowest BCUT2D eigenvalue weighted by atomic mass is 9.80. The van der Waals surface area contributed by atoms with E-state index in [2.05, 4.69) is 17.9 Å². The molecule has 0 saturated carbocycles. The van der Waals surface area contributed by atoms with Crippen LogP contribution in [0.4, 0.5) is 0 Å². The van der Waals surface area contributed by atoms with Gasteiger partial charge in [-0.1, -0.05) is 24.3 Å². The molecule has 1 unspecified atom stereocenters. The quantitative estimate of drug-likeness (QED) is 0.815. The second kappa shape index (κ2) is 8.40. The van der Waals surface area contributed by atoms with Crippen molar-refractivity contribution in [2.24, 2.45) is 5.92 Å². The number of aliphatic hydroxyl groups is 1. The Morgan fingerprint density at radius 2 is 1.77 bits per heavy atom. The number of nitrogens with zero attached hydrogens (tertiary/aromatic N) is 1. The second-order valence-corrected chi connectivity index (χ2v) is 8.61. The minimum absolute atomic E-state index is 0.0137. The van der Waals surface area contributed by atoms with E-state index in [1.165, 1.54) is 0 Å². The molecule has 2 aliphatic rings. The van der Waals surface area contributed by atoms with Gasteiger partial charge in [0.1, 0.15) is 0 Å². The van der Waals surface area contributed by atoms with Crippen molar-refractivity contribution >= 4 is 5.78 Å². The minimum Gasteiger partial charge on any atom is -0.493 e. The van der Waals surface area contributed by atoms with Crippen LogP contribution in [0.3, 0.4) is 0 Å². The number of carbonyl (C=O) groups excluding carboxylic acids is 1. The van der Waals surface area contributed by atoms with Gasteiger partial charge in [0.05, 0.1) is 19.8 Å². The fourth-order valence-corrected chi connectivity index (χ4v) is 4.99. The smallest absolute Gasteiger partial charge is 0.167 e. The van der Waals surface area contributed by atoms with Crippen molar-refractivity contribution in [3.8, 4) is 11.5 Å². The molecule has 5 nitrogen and oxygen atoms in total. The Balaban J connectivity index is 1.43. The van der Waals surface area contributed by atoms with Crippen molar-refractivity contribution in [2.45, 2.75) is 38.2 Å². The molecule has 1 heterocycles. The van der Waals surface area contributed by atoms with E-state index in [4.69, 9.17) is 9.47 Å². The summed E-state index contributed by atoms with van der Waals surface area (Å²) in [6.45, 7) is 4.40.